The summed E-state index contributed by atoms with van der Waals surface area (Å²) in [5.74, 6) is 2.75. The molecule has 1 amide bonds. The van der Waals surface area contributed by atoms with Gasteiger partial charge in [0.25, 0.3) is 0 Å². The third-order valence-corrected chi connectivity index (χ3v) is 6.26. The van der Waals surface area contributed by atoms with E-state index in [9.17, 15) is 4.79 Å². The van der Waals surface area contributed by atoms with Crippen molar-refractivity contribution in [2.24, 2.45) is 5.92 Å². The zero-order valence-electron chi connectivity index (χ0n) is 12.7. The standard InChI is InChI=1S/C15H27N3O2S/c19-14(13-2-1-4-16-10-13)17-11-15(3-9-21-12-15)18-5-7-20-8-6-18/h13,16H,1-12H2,(H,17,19). The lowest BCUT2D eigenvalue weighted by Crippen LogP contribution is -2.59. The van der Waals surface area contributed by atoms with Gasteiger partial charge in [0.05, 0.1) is 19.1 Å². The van der Waals surface area contributed by atoms with Gasteiger partial charge in [0.15, 0.2) is 0 Å². The zero-order valence-corrected chi connectivity index (χ0v) is 13.6. The fraction of sp³-hybridized carbons (Fsp3) is 0.933. The first-order valence-corrected chi connectivity index (χ1v) is 9.35. The van der Waals surface area contributed by atoms with E-state index in [0.717, 1.165) is 64.5 Å². The van der Waals surface area contributed by atoms with E-state index in [2.05, 4.69) is 15.5 Å². The second kappa shape index (κ2) is 7.31. The van der Waals surface area contributed by atoms with Crippen molar-refractivity contribution in [2.75, 3.05) is 57.4 Å². The maximum atomic E-state index is 12.4. The third kappa shape index (κ3) is 3.73. The van der Waals surface area contributed by atoms with Crippen LogP contribution in [0, 0.1) is 5.92 Å². The quantitative estimate of drug-likeness (QED) is 0.782. The van der Waals surface area contributed by atoms with Gasteiger partial charge in [-0.25, -0.2) is 0 Å². The summed E-state index contributed by atoms with van der Waals surface area (Å²) in [6.45, 7) is 6.35. The number of thioether (sulfide) groups is 1. The number of morpholine rings is 1. The van der Waals surface area contributed by atoms with Crippen molar-refractivity contribution in [1.82, 2.24) is 15.5 Å². The van der Waals surface area contributed by atoms with Crippen molar-refractivity contribution >= 4 is 17.7 Å². The Morgan fingerprint density at radius 1 is 1.43 bits per heavy atom. The van der Waals surface area contributed by atoms with Gasteiger partial charge in [-0.15, -0.1) is 0 Å². The molecule has 3 rings (SSSR count). The molecule has 120 valence electrons. The average Bonchev–Trinajstić information content (AvgIpc) is 3.04. The van der Waals surface area contributed by atoms with Crippen LogP contribution in [0.5, 0.6) is 0 Å². The molecule has 0 aromatic carbocycles. The smallest absolute Gasteiger partial charge is 0.224 e. The Hall–Kier alpha value is -0.300. The predicted molar refractivity (Wildman–Crippen MR) is 85.7 cm³/mol. The molecule has 0 radical (unpaired) electrons. The number of piperidine rings is 1. The number of amides is 1. The Morgan fingerprint density at radius 2 is 2.29 bits per heavy atom. The van der Waals surface area contributed by atoms with Crippen LogP contribution in [0.3, 0.4) is 0 Å². The van der Waals surface area contributed by atoms with Crippen LogP contribution in [-0.2, 0) is 9.53 Å². The molecular weight excluding hydrogens is 286 g/mol. The van der Waals surface area contributed by atoms with Crippen LogP contribution in [0.25, 0.3) is 0 Å². The third-order valence-electron chi connectivity index (χ3n) is 5.02. The monoisotopic (exact) mass is 313 g/mol. The van der Waals surface area contributed by atoms with E-state index in [1.54, 1.807) is 0 Å². The maximum Gasteiger partial charge on any atom is 0.224 e. The van der Waals surface area contributed by atoms with Crippen molar-refractivity contribution in [3.63, 3.8) is 0 Å². The molecule has 0 aliphatic carbocycles. The van der Waals surface area contributed by atoms with Crippen LogP contribution < -0.4 is 10.6 Å². The summed E-state index contributed by atoms with van der Waals surface area (Å²) < 4.78 is 5.48. The van der Waals surface area contributed by atoms with Crippen LogP contribution in [-0.4, -0.2) is 73.8 Å². The van der Waals surface area contributed by atoms with Crippen molar-refractivity contribution in [2.45, 2.75) is 24.8 Å². The summed E-state index contributed by atoms with van der Waals surface area (Å²) in [6.07, 6.45) is 3.32. The lowest BCUT2D eigenvalue weighted by atomic mass is 9.94. The lowest BCUT2D eigenvalue weighted by molar-refractivity contribution is -0.126. The highest BCUT2D eigenvalue weighted by Crippen LogP contribution is 2.33. The lowest BCUT2D eigenvalue weighted by Gasteiger charge is -2.43. The normalized spacial score (nSPS) is 34.8. The highest BCUT2D eigenvalue weighted by atomic mass is 32.2. The van der Waals surface area contributed by atoms with E-state index in [0.29, 0.717) is 0 Å². The fourth-order valence-corrected chi connectivity index (χ4v) is 5.08. The van der Waals surface area contributed by atoms with Crippen molar-refractivity contribution in [3.8, 4) is 0 Å². The minimum Gasteiger partial charge on any atom is -0.379 e. The summed E-state index contributed by atoms with van der Waals surface area (Å²) in [4.78, 5) is 14.9. The first kappa shape index (κ1) is 15.6. The number of hydrogen-bond acceptors (Lipinski definition) is 5. The molecule has 2 unspecified atom stereocenters. The van der Waals surface area contributed by atoms with E-state index >= 15 is 0 Å². The molecule has 3 fully saturated rings. The first-order valence-electron chi connectivity index (χ1n) is 8.19. The molecule has 3 aliphatic heterocycles. The van der Waals surface area contributed by atoms with Crippen molar-refractivity contribution in [3.05, 3.63) is 0 Å². The Bertz CT molecular complexity index is 349. The van der Waals surface area contributed by atoms with E-state index in [1.165, 1.54) is 12.2 Å². The maximum absolute atomic E-state index is 12.4. The fourth-order valence-electron chi connectivity index (χ4n) is 3.61. The van der Waals surface area contributed by atoms with Gasteiger partial charge in [0.1, 0.15) is 0 Å². The van der Waals surface area contributed by atoms with E-state index in [-0.39, 0.29) is 17.4 Å². The number of carbonyl (C=O) groups is 1. The molecule has 0 aromatic heterocycles. The summed E-state index contributed by atoms with van der Waals surface area (Å²) in [5, 5.41) is 6.58. The van der Waals surface area contributed by atoms with Gasteiger partial charge in [-0.1, -0.05) is 0 Å². The molecular formula is C15H27N3O2S. The van der Waals surface area contributed by atoms with Crippen LogP contribution in [0.4, 0.5) is 0 Å². The molecule has 2 N–H and O–H groups in total. The highest BCUT2D eigenvalue weighted by Gasteiger charge is 2.41. The van der Waals surface area contributed by atoms with E-state index in [1.807, 2.05) is 11.8 Å². The van der Waals surface area contributed by atoms with Gasteiger partial charge in [0, 0.05) is 37.5 Å². The first-order chi connectivity index (χ1) is 10.3. The van der Waals surface area contributed by atoms with Gasteiger partial charge >= 0.3 is 0 Å². The van der Waals surface area contributed by atoms with Crippen LogP contribution >= 0.6 is 11.8 Å². The largest absolute Gasteiger partial charge is 0.379 e. The molecule has 3 heterocycles. The molecule has 0 spiro atoms. The van der Waals surface area contributed by atoms with E-state index < -0.39 is 0 Å². The number of carbonyl (C=O) groups excluding carboxylic acids is 1. The summed E-state index contributed by atoms with van der Waals surface area (Å²) >= 11 is 2.02. The molecule has 0 bridgehead atoms. The topological polar surface area (TPSA) is 53.6 Å². The van der Waals surface area contributed by atoms with E-state index in [4.69, 9.17) is 4.74 Å². The Labute approximate surface area is 131 Å². The molecule has 0 saturated carbocycles. The van der Waals surface area contributed by atoms with Crippen LogP contribution in [0.2, 0.25) is 0 Å². The summed E-state index contributed by atoms with van der Waals surface area (Å²) in [5.41, 5.74) is 0.159. The van der Waals surface area contributed by atoms with Crippen molar-refractivity contribution in [1.29, 1.82) is 0 Å². The number of ether oxygens (including phenoxy) is 1. The average molecular weight is 313 g/mol. The number of nitrogens with one attached hydrogen (secondary N) is 2. The van der Waals surface area contributed by atoms with Crippen molar-refractivity contribution < 1.29 is 9.53 Å². The molecule has 6 heteroatoms. The molecule has 0 aromatic rings. The number of nitrogens with zero attached hydrogens (tertiary/aromatic N) is 1. The predicted octanol–water partition coefficient (Wildman–Crippen LogP) is 0.310. The Kier molecular flexibility index (Phi) is 5.43. The zero-order chi connectivity index (χ0) is 14.5. The van der Waals surface area contributed by atoms with Gasteiger partial charge in [0.2, 0.25) is 5.91 Å². The van der Waals surface area contributed by atoms with Crippen LogP contribution in [0.1, 0.15) is 19.3 Å². The van der Waals surface area contributed by atoms with Gasteiger partial charge < -0.3 is 15.4 Å². The Morgan fingerprint density at radius 3 is 2.95 bits per heavy atom. The number of hydrogen-bond donors (Lipinski definition) is 2. The second-order valence-electron chi connectivity index (χ2n) is 6.39. The van der Waals surface area contributed by atoms with Gasteiger partial charge in [-0.3, -0.25) is 9.69 Å². The molecule has 5 nitrogen and oxygen atoms in total. The van der Waals surface area contributed by atoms with Gasteiger partial charge in [-0.2, -0.15) is 11.8 Å². The highest BCUT2D eigenvalue weighted by molar-refractivity contribution is 7.99. The van der Waals surface area contributed by atoms with Gasteiger partial charge in [-0.05, 0) is 31.6 Å². The molecule has 21 heavy (non-hydrogen) atoms. The Balaban J connectivity index is 1.56. The van der Waals surface area contributed by atoms with Crippen LogP contribution in [0.15, 0.2) is 0 Å². The molecule has 3 saturated heterocycles. The minimum atomic E-state index is 0.159. The molecule has 2 atom stereocenters. The minimum absolute atomic E-state index is 0.159. The second-order valence-corrected chi connectivity index (χ2v) is 7.49. The molecule has 3 aliphatic rings. The summed E-state index contributed by atoms with van der Waals surface area (Å²) in [6, 6.07) is 0. The number of rotatable bonds is 4. The summed E-state index contributed by atoms with van der Waals surface area (Å²) in [7, 11) is 0. The SMILES string of the molecule is O=C(NCC1(N2CCOCC2)CCSC1)C1CCCNC1.